The molecular weight excluding hydrogens is 536 g/mol. The second kappa shape index (κ2) is 13.0. The van der Waals surface area contributed by atoms with Crippen LogP contribution in [-0.4, -0.2) is 79.1 Å². The Labute approximate surface area is 251 Å². The Morgan fingerprint density at radius 3 is 2.32 bits per heavy atom. The molecule has 3 aliphatic heterocycles. The second-order valence-electron chi connectivity index (χ2n) is 12.5. The summed E-state index contributed by atoms with van der Waals surface area (Å²) < 4.78 is 5.28. The van der Waals surface area contributed by atoms with E-state index in [4.69, 9.17) is 4.74 Å². The number of methoxy groups -OCH3 is 1. The average molecular weight is 581 g/mol. The summed E-state index contributed by atoms with van der Waals surface area (Å²) in [6, 6.07) is 19.2. The van der Waals surface area contributed by atoms with Crippen LogP contribution >= 0.6 is 12.4 Å². The quantitative estimate of drug-likeness (QED) is 0.483. The summed E-state index contributed by atoms with van der Waals surface area (Å²) in [5.41, 5.74) is 2.28. The molecule has 6 rings (SSSR count). The van der Waals surface area contributed by atoms with Crippen molar-refractivity contribution in [1.29, 1.82) is 0 Å². The number of ether oxygens (including phenoxy) is 1. The maximum atomic E-state index is 13.6. The predicted octanol–water partition coefficient (Wildman–Crippen LogP) is 5.30. The van der Waals surface area contributed by atoms with E-state index in [1.807, 2.05) is 12.1 Å². The van der Waals surface area contributed by atoms with Gasteiger partial charge in [0.25, 0.3) is 0 Å². The van der Waals surface area contributed by atoms with Gasteiger partial charge in [0.1, 0.15) is 5.75 Å². The first-order valence-electron chi connectivity index (χ1n) is 15.3. The molecule has 2 aromatic rings. The number of likely N-dealkylation sites (tertiary alicyclic amines) is 3. The molecular formula is C33H45ClN4O3. The summed E-state index contributed by atoms with van der Waals surface area (Å²) in [4.78, 5) is 33.4. The van der Waals surface area contributed by atoms with Crippen molar-refractivity contribution in [2.45, 2.75) is 63.5 Å². The minimum atomic E-state index is -0.204. The molecule has 3 heterocycles. The molecule has 0 bridgehead atoms. The van der Waals surface area contributed by atoms with E-state index in [1.54, 1.807) is 7.11 Å². The molecule has 8 heteroatoms. The van der Waals surface area contributed by atoms with Crippen molar-refractivity contribution in [2.75, 3.05) is 46.4 Å². The standard InChI is InChI=1S/C33H44N4O3.ClH/c1-40-29-13-11-25(12-14-29)21-36-20-17-33(31(36)38)15-18-35(19-16-33)22-27-23-37(32(39)34-28-9-5-6-10-28)24-30(27)26-7-3-2-4-8-26;/h2-4,7-8,11-14,27-28,30H,5-6,9-10,15-24H2,1H3,(H,34,39);1H/t27-,30?;/m0./s1. The number of amides is 3. The van der Waals surface area contributed by atoms with Crippen molar-refractivity contribution in [3.63, 3.8) is 0 Å². The molecule has 7 nitrogen and oxygen atoms in total. The summed E-state index contributed by atoms with van der Waals surface area (Å²) in [5.74, 6) is 1.92. The average Bonchev–Trinajstić information content (AvgIpc) is 3.72. The number of carbonyl (C=O) groups is 2. The molecule has 2 aromatic carbocycles. The Morgan fingerprint density at radius 1 is 0.951 bits per heavy atom. The molecule has 3 amide bonds. The van der Waals surface area contributed by atoms with E-state index in [1.165, 1.54) is 18.4 Å². The van der Waals surface area contributed by atoms with E-state index in [9.17, 15) is 9.59 Å². The van der Waals surface area contributed by atoms with Crippen LogP contribution in [0, 0.1) is 11.3 Å². The van der Waals surface area contributed by atoms with Crippen molar-refractivity contribution in [3.05, 3.63) is 65.7 Å². The lowest BCUT2D eigenvalue weighted by atomic mass is 9.76. The fourth-order valence-electron chi connectivity index (χ4n) is 7.59. The first kappa shape index (κ1) is 29.7. The largest absolute Gasteiger partial charge is 0.497 e. The van der Waals surface area contributed by atoms with Gasteiger partial charge in [-0.2, -0.15) is 0 Å². The van der Waals surface area contributed by atoms with Crippen LogP contribution < -0.4 is 10.1 Å². The van der Waals surface area contributed by atoms with Crippen LogP contribution in [0.3, 0.4) is 0 Å². The lowest BCUT2D eigenvalue weighted by molar-refractivity contribution is -0.139. The van der Waals surface area contributed by atoms with E-state index in [-0.39, 0.29) is 23.9 Å². The molecule has 0 aromatic heterocycles. The fourth-order valence-corrected chi connectivity index (χ4v) is 7.59. The van der Waals surface area contributed by atoms with Crippen LogP contribution in [0.15, 0.2) is 54.6 Å². The maximum Gasteiger partial charge on any atom is 0.317 e. The van der Waals surface area contributed by atoms with E-state index >= 15 is 0 Å². The zero-order chi connectivity index (χ0) is 27.5. The summed E-state index contributed by atoms with van der Waals surface area (Å²) in [7, 11) is 1.67. The van der Waals surface area contributed by atoms with Crippen LogP contribution in [-0.2, 0) is 11.3 Å². The minimum absolute atomic E-state index is 0. The van der Waals surface area contributed by atoms with E-state index in [0.29, 0.717) is 30.3 Å². The Bertz CT molecular complexity index is 1160. The summed E-state index contributed by atoms with van der Waals surface area (Å²) in [5, 5.41) is 3.31. The van der Waals surface area contributed by atoms with Gasteiger partial charge >= 0.3 is 6.03 Å². The van der Waals surface area contributed by atoms with E-state index in [0.717, 1.165) is 82.7 Å². The molecule has 1 spiro atoms. The van der Waals surface area contributed by atoms with Crippen molar-refractivity contribution >= 4 is 24.3 Å². The summed E-state index contributed by atoms with van der Waals surface area (Å²) in [6.45, 7) is 5.98. The summed E-state index contributed by atoms with van der Waals surface area (Å²) >= 11 is 0. The number of rotatable bonds is 7. The second-order valence-corrected chi connectivity index (χ2v) is 12.5. The smallest absolute Gasteiger partial charge is 0.317 e. The zero-order valence-corrected chi connectivity index (χ0v) is 25.1. The Kier molecular flexibility index (Phi) is 9.45. The molecule has 1 unspecified atom stereocenters. The number of nitrogens with one attached hydrogen (secondary N) is 1. The highest BCUT2D eigenvalue weighted by Crippen LogP contribution is 2.43. The van der Waals surface area contributed by atoms with E-state index < -0.39 is 0 Å². The van der Waals surface area contributed by atoms with Gasteiger partial charge in [-0.1, -0.05) is 55.3 Å². The number of hydrogen-bond acceptors (Lipinski definition) is 4. The van der Waals surface area contributed by atoms with Gasteiger partial charge in [0.2, 0.25) is 5.91 Å². The topological polar surface area (TPSA) is 65.1 Å². The van der Waals surface area contributed by atoms with Gasteiger partial charge in [0.15, 0.2) is 0 Å². The Hall–Kier alpha value is -2.77. The molecule has 3 saturated heterocycles. The highest BCUT2D eigenvalue weighted by molar-refractivity contribution is 5.85. The van der Waals surface area contributed by atoms with Gasteiger partial charge < -0.3 is 24.8 Å². The third kappa shape index (κ3) is 6.51. The van der Waals surface area contributed by atoms with Gasteiger partial charge in [-0.05, 0) is 74.4 Å². The van der Waals surface area contributed by atoms with Crippen LogP contribution in [0.1, 0.15) is 62.0 Å². The molecule has 1 N–H and O–H groups in total. The van der Waals surface area contributed by atoms with Crippen molar-refractivity contribution in [3.8, 4) is 5.75 Å². The lowest BCUT2D eigenvalue weighted by Gasteiger charge is -2.39. The fraction of sp³-hybridized carbons (Fsp3) is 0.576. The van der Waals surface area contributed by atoms with Crippen molar-refractivity contribution in [1.82, 2.24) is 20.0 Å². The lowest BCUT2D eigenvalue weighted by Crippen LogP contribution is -2.46. The number of halogens is 1. The molecule has 1 saturated carbocycles. The number of hydrogen-bond donors (Lipinski definition) is 1. The molecule has 4 fully saturated rings. The van der Waals surface area contributed by atoms with Crippen LogP contribution in [0.5, 0.6) is 5.75 Å². The van der Waals surface area contributed by atoms with Gasteiger partial charge in [-0.3, -0.25) is 4.79 Å². The first-order valence-corrected chi connectivity index (χ1v) is 15.3. The maximum absolute atomic E-state index is 13.6. The Morgan fingerprint density at radius 2 is 1.63 bits per heavy atom. The number of benzene rings is 2. The monoisotopic (exact) mass is 580 g/mol. The van der Waals surface area contributed by atoms with Crippen molar-refractivity contribution in [2.24, 2.45) is 11.3 Å². The number of piperidine rings is 1. The number of urea groups is 1. The minimum Gasteiger partial charge on any atom is -0.497 e. The molecule has 222 valence electrons. The molecule has 2 atom stereocenters. The Balaban J connectivity index is 0.00000337. The van der Waals surface area contributed by atoms with E-state index in [2.05, 4.69) is 62.5 Å². The molecule has 4 aliphatic rings. The highest BCUT2D eigenvalue weighted by Gasteiger charge is 2.48. The van der Waals surface area contributed by atoms with Gasteiger partial charge in [-0.15, -0.1) is 12.4 Å². The zero-order valence-electron chi connectivity index (χ0n) is 24.3. The van der Waals surface area contributed by atoms with Gasteiger partial charge in [0.05, 0.1) is 12.5 Å². The number of nitrogens with zero attached hydrogens (tertiary/aromatic N) is 3. The van der Waals surface area contributed by atoms with Crippen LogP contribution in [0.25, 0.3) is 0 Å². The van der Waals surface area contributed by atoms with Gasteiger partial charge in [-0.25, -0.2) is 4.79 Å². The number of carbonyl (C=O) groups excluding carboxylic acids is 2. The van der Waals surface area contributed by atoms with Crippen LogP contribution in [0.2, 0.25) is 0 Å². The first-order chi connectivity index (χ1) is 19.5. The molecule has 1 aliphatic carbocycles. The summed E-state index contributed by atoms with van der Waals surface area (Å²) in [6.07, 6.45) is 7.48. The molecule has 0 radical (unpaired) electrons. The third-order valence-corrected chi connectivity index (χ3v) is 10.1. The van der Waals surface area contributed by atoms with Crippen LogP contribution in [0.4, 0.5) is 4.79 Å². The molecule has 41 heavy (non-hydrogen) atoms. The predicted molar refractivity (Wildman–Crippen MR) is 163 cm³/mol. The van der Waals surface area contributed by atoms with Gasteiger partial charge in [0, 0.05) is 44.7 Å². The SMILES string of the molecule is COc1ccc(CN2CCC3(CCN(C[C@H]4CN(C(=O)NC5CCCC5)CC4c4ccccc4)CC3)C2=O)cc1.Cl. The third-order valence-electron chi connectivity index (χ3n) is 10.1. The van der Waals surface area contributed by atoms with Crippen molar-refractivity contribution < 1.29 is 14.3 Å². The highest BCUT2D eigenvalue weighted by atomic mass is 35.5. The normalized spacial score (nSPS) is 24.6.